The molecule has 248 valence electrons. The van der Waals surface area contributed by atoms with E-state index in [0.717, 1.165) is 11.1 Å². The van der Waals surface area contributed by atoms with Gasteiger partial charge in [-0.2, -0.15) is 0 Å². The van der Waals surface area contributed by atoms with E-state index in [0.29, 0.717) is 31.0 Å². The van der Waals surface area contributed by atoms with Gasteiger partial charge in [-0.25, -0.2) is 9.78 Å². The van der Waals surface area contributed by atoms with Crippen molar-refractivity contribution < 1.29 is 24.2 Å². The summed E-state index contributed by atoms with van der Waals surface area (Å²) in [6.07, 6.45) is 4.24. The van der Waals surface area contributed by atoms with Crippen molar-refractivity contribution in [2.45, 2.75) is 83.7 Å². The van der Waals surface area contributed by atoms with Crippen LogP contribution in [0.1, 0.15) is 58.2 Å². The third kappa shape index (κ3) is 10.1. The quantitative estimate of drug-likeness (QED) is 0.244. The molecule has 3 N–H and O–H groups in total. The van der Waals surface area contributed by atoms with Crippen molar-refractivity contribution in [1.82, 2.24) is 25.1 Å². The van der Waals surface area contributed by atoms with Gasteiger partial charge in [0, 0.05) is 36.4 Å². The van der Waals surface area contributed by atoms with Crippen LogP contribution in [0.3, 0.4) is 0 Å². The number of likely N-dealkylation sites (tertiary alicyclic amines) is 1. The van der Waals surface area contributed by atoms with E-state index in [2.05, 4.69) is 15.6 Å². The average molecular weight is 652 g/mol. The Kier molecular flexibility index (Phi) is 11.9. The second kappa shape index (κ2) is 15.6. The molecule has 11 heteroatoms. The van der Waals surface area contributed by atoms with Crippen molar-refractivity contribution in [2.75, 3.05) is 13.1 Å². The lowest BCUT2D eigenvalue weighted by Crippen LogP contribution is -2.59. The maximum atomic E-state index is 14.0. The second-order valence-electron chi connectivity index (χ2n) is 13.4. The van der Waals surface area contributed by atoms with Crippen LogP contribution in [0.4, 0.5) is 4.79 Å². The number of hydrogen-bond donors (Lipinski definition) is 3. The molecule has 0 bridgehead atoms. The molecule has 3 amide bonds. The number of carbonyl (C=O) groups excluding carboxylic acids is 3. The molecular formula is C35H46ClN5O5. The molecular weight excluding hydrogens is 606 g/mol. The average Bonchev–Trinajstić information content (AvgIpc) is 3.49. The molecule has 0 radical (unpaired) electrons. The van der Waals surface area contributed by atoms with Gasteiger partial charge in [-0.1, -0.05) is 67.9 Å². The van der Waals surface area contributed by atoms with Gasteiger partial charge < -0.3 is 29.9 Å². The predicted molar refractivity (Wildman–Crippen MR) is 177 cm³/mol. The van der Waals surface area contributed by atoms with Gasteiger partial charge >= 0.3 is 6.09 Å². The first-order chi connectivity index (χ1) is 21.8. The maximum Gasteiger partial charge on any atom is 0.407 e. The lowest BCUT2D eigenvalue weighted by molar-refractivity contribution is -0.143. The molecule has 1 aliphatic rings. The number of nitrogens with one attached hydrogen (secondary N) is 2. The first-order valence-corrected chi connectivity index (χ1v) is 16.2. The number of nitrogens with zero attached hydrogens (tertiary/aromatic N) is 3. The Morgan fingerprint density at radius 3 is 2.24 bits per heavy atom. The van der Waals surface area contributed by atoms with Gasteiger partial charge in [-0.3, -0.25) is 9.59 Å². The number of rotatable bonds is 13. The third-order valence-corrected chi connectivity index (χ3v) is 8.36. The summed E-state index contributed by atoms with van der Waals surface area (Å²) in [4.78, 5) is 46.2. The molecule has 0 unspecified atom stereocenters. The Hall–Kier alpha value is -3.89. The van der Waals surface area contributed by atoms with Crippen molar-refractivity contribution in [1.29, 1.82) is 0 Å². The molecule has 1 saturated heterocycles. The number of amides is 3. The number of halogens is 1. The number of ether oxygens (including phenoxy) is 1. The molecule has 3 aromatic rings. The molecule has 10 nitrogen and oxygen atoms in total. The first kappa shape index (κ1) is 35.0. The van der Waals surface area contributed by atoms with E-state index in [4.69, 9.17) is 16.3 Å². The molecule has 0 aliphatic carbocycles. The predicted octanol–water partition coefficient (Wildman–Crippen LogP) is 4.81. The molecule has 4 rings (SSSR count). The van der Waals surface area contributed by atoms with E-state index in [1.165, 1.54) is 0 Å². The second-order valence-corrected chi connectivity index (χ2v) is 13.8. The van der Waals surface area contributed by atoms with Crippen LogP contribution in [0.2, 0.25) is 5.02 Å². The zero-order chi connectivity index (χ0) is 33.4. The van der Waals surface area contributed by atoms with Crippen molar-refractivity contribution in [3.8, 4) is 0 Å². The van der Waals surface area contributed by atoms with Crippen molar-refractivity contribution in [3.63, 3.8) is 0 Å². The molecule has 2 aromatic carbocycles. The highest BCUT2D eigenvalue weighted by molar-refractivity contribution is 6.30. The van der Waals surface area contributed by atoms with Gasteiger partial charge in [0.05, 0.1) is 24.5 Å². The topological polar surface area (TPSA) is 126 Å². The first-order valence-electron chi connectivity index (χ1n) is 15.8. The van der Waals surface area contributed by atoms with Crippen LogP contribution in [0, 0.1) is 11.8 Å². The smallest absolute Gasteiger partial charge is 0.407 e. The van der Waals surface area contributed by atoms with E-state index >= 15 is 0 Å². The Bertz CT molecular complexity index is 1420. The number of imidazole rings is 1. The van der Waals surface area contributed by atoms with Crippen molar-refractivity contribution >= 4 is 29.5 Å². The zero-order valence-corrected chi connectivity index (χ0v) is 28.0. The number of aliphatic hydroxyl groups is 1. The fraction of sp³-hybridized carbons (Fsp3) is 0.486. The Labute approximate surface area is 276 Å². The summed E-state index contributed by atoms with van der Waals surface area (Å²) in [6.45, 7) is 10.2. The Balaban J connectivity index is 1.51. The van der Waals surface area contributed by atoms with Crippen LogP contribution >= 0.6 is 11.6 Å². The number of hydrogen-bond acceptors (Lipinski definition) is 6. The molecule has 0 spiro atoms. The highest BCUT2D eigenvalue weighted by Gasteiger charge is 2.38. The van der Waals surface area contributed by atoms with E-state index in [9.17, 15) is 19.5 Å². The van der Waals surface area contributed by atoms with E-state index < -0.39 is 35.8 Å². The van der Waals surface area contributed by atoms with Crippen molar-refractivity contribution in [3.05, 3.63) is 89.5 Å². The summed E-state index contributed by atoms with van der Waals surface area (Å²) in [5.74, 6) is -1.36. The standard InChI is InChI=1S/C35H46ClN5O5/c1-23(2)31(33(44)41-20-28(21-41)40-16-15-37-22-40)39-32(43)26(17-25-11-13-27(36)14-12-25)19-30(42)29(18-24-9-7-6-8-10-24)38-34(45)46-35(3,4)5/h6-16,22-23,26,28-31,42H,17-21H2,1-5H3,(H,38,45)(H,39,43)/t26-,29+,30+,31+/m1/s1. The maximum absolute atomic E-state index is 14.0. The normalized spacial score (nSPS) is 16.2. The summed E-state index contributed by atoms with van der Waals surface area (Å²) in [6, 6.07) is 15.4. The van der Waals surface area contributed by atoms with Crippen LogP contribution in [0.15, 0.2) is 73.3 Å². The monoisotopic (exact) mass is 651 g/mol. The van der Waals surface area contributed by atoms with Crippen LogP contribution in [-0.4, -0.2) is 74.3 Å². The van der Waals surface area contributed by atoms with Crippen LogP contribution in [0.5, 0.6) is 0 Å². The number of carbonyl (C=O) groups is 3. The van der Waals surface area contributed by atoms with Gasteiger partial charge in [0.2, 0.25) is 11.8 Å². The molecule has 2 heterocycles. The summed E-state index contributed by atoms with van der Waals surface area (Å²) in [7, 11) is 0. The minimum atomic E-state index is -1.10. The fourth-order valence-electron chi connectivity index (χ4n) is 5.54. The molecule has 0 saturated carbocycles. The Morgan fingerprint density at radius 1 is 1.00 bits per heavy atom. The van der Waals surface area contributed by atoms with Crippen LogP contribution in [-0.2, 0) is 27.2 Å². The lowest BCUT2D eigenvalue weighted by atomic mass is 9.88. The lowest BCUT2D eigenvalue weighted by Gasteiger charge is -2.42. The summed E-state index contributed by atoms with van der Waals surface area (Å²) >= 11 is 6.12. The molecule has 1 fully saturated rings. The van der Waals surface area contributed by atoms with E-state index in [1.54, 1.807) is 50.3 Å². The number of aliphatic hydroxyl groups excluding tert-OH is 1. The summed E-state index contributed by atoms with van der Waals surface area (Å²) in [5, 5.41) is 18.0. The van der Waals surface area contributed by atoms with Gasteiger partial charge in [-0.05, 0) is 69.2 Å². The van der Waals surface area contributed by atoms with Gasteiger partial charge in [0.15, 0.2) is 0 Å². The fourth-order valence-corrected chi connectivity index (χ4v) is 5.67. The molecule has 1 aliphatic heterocycles. The third-order valence-electron chi connectivity index (χ3n) is 8.11. The minimum absolute atomic E-state index is 0.0349. The molecule has 1 aromatic heterocycles. The number of aromatic nitrogens is 2. The number of benzene rings is 2. The van der Waals surface area contributed by atoms with Gasteiger partial charge in [-0.15, -0.1) is 0 Å². The largest absolute Gasteiger partial charge is 0.444 e. The van der Waals surface area contributed by atoms with Gasteiger partial charge in [0.25, 0.3) is 0 Å². The Morgan fingerprint density at radius 2 is 1.65 bits per heavy atom. The summed E-state index contributed by atoms with van der Waals surface area (Å²) in [5.41, 5.74) is 1.04. The van der Waals surface area contributed by atoms with Gasteiger partial charge in [0.1, 0.15) is 11.6 Å². The van der Waals surface area contributed by atoms with E-state index in [-0.39, 0.29) is 30.2 Å². The van der Waals surface area contributed by atoms with Crippen LogP contribution in [0.25, 0.3) is 0 Å². The summed E-state index contributed by atoms with van der Waals surface area (Å²) < 4.78 is 7.47. The molecule has 4 atom stereocenters. The number of alkyl carbamates (subject to hydrolysis) is 1. The van der Waals surface area contributed by atoms with Crippen LogP contribution < -0.4 is 10.6 Å². The minimum Gasteiger partial charge on any atom is -0.444 e. The highest BCUT2D eigenvalue weighted by Crippen LogP contribution is 2.25. The molecule has 46 heavy (non-hydrogen) atoms. The van der Waals surface area contributed by atoms with Crippen molar-refractivity contribution in [2.24, 2.45) is 11.8 Å². The SMILES string of the molecule is CC(C)[C@H](NC(=O)[C@H](Cc1ccc(Cl)cc1)C[C@H](O)[C@H](Cc1ccccc1)NC(=O)OC(C)(C)C)C(=O)N1CC(n2ccnc2)C1. The van der Waals surface area contributed by atoms with E-state index in [1.807, 2.05) is 67.1 Å². The zero-order valence-electron chi connectivity index (χ0n) is 27.2. The highest BCUT2D eigenvalue weighted by atomic mass is 35.5.